The Hall–Kier alpha value is -1.00. The van der Waals surface area contributed by atoms with Gasteiger partial charge in [0.25, 0.3) is 0 Å². The predicted octanol–water partition coefficient (Wildman–Crippen LogP) is 4.26. The van der Waals surface area contributed by atoms with Crippen LogP contribution in [0.5, 0.6) is 0 Å². The van der Waals surface area contributed by atoms with Crippen molar-refractivity contribution in [2.75, 3.05) is 12.3 Å². The van der Waals surface area contributed by atoms with Crippen LogP contribution in [0.1, 0.15) is 12.8 Å². The van der Waals surface area contributed by atoms with Gasteiger partial charge in [-0.05, 0) is 6.42 Å². The molecule has 1 radical (unpaired) electrons. The molecule has 0 aliphatic heterocycles. The van der Waals surface area contributed by atoms with E-state index in [0.29, 0.717) is 0 Å². The summed E-state index contributed by atoms with van der Waals surface area (Å²) in [5.41, 5.74) is 0. The summed E-state index contributed by atoms with van der Waals surface area (Å²) in [4.78, 5) is 0. The molecule has 0 aliphatic carbocycles. The molecule has 0 aliphatic rings. The van der Waals surface area contributed by atoms with Gasteiger partial charge in [0.05, 0.1) is 5.75 Å². The van der Waals surface area contributed by atoms with Crippen LogP contribution in [-0.2, 0) is 10.0 Å². The summed E-state index contributed by atoms with van der Waals surface area (Å²) in [7, 11) is -4.83. The van der Waals surface area contributed by atoms with Gasteiger partial charge < -0.3 is 0 Å². The van der Waals surface area contributed by atoms with Crippen molar-refractivity contribution < 1.29 is 65.5 Å². The number of rotatable bonds is 10. The molecule has 0 heterocycles. The topological polar surface area (TPSA) is 46.2 Å². The molecule has 0 aromatic heterocycles. The number of sulfonamides is 1. The first-order valence-corrected chi connectivity index (χ1v) is 8.39. The van der Waals surface area contributed by atoms with Crippen molar-refractivity contribution in [3.05, 3.63) is 6.92 Å². The molecule has 0 rings (SSSR count). The van der Waals surface area contributed by atoms with Crippen molar-refractivity contribution in [1.82, 2.24) is 4.72 Å². The van der Waals surface area contributed by atoms with E-state index in [4.69, 9.17) is 0 Å². The minimum absolute atomic E-state index is 0.178. The third kappa shape index (κ3) is 4.59. The molecule has 0 aromatic rings. The lowest BCUT2D eigenvalue weighted by atomic mass is 9.93. The van der Waals surface area contributed by atoms with Gasteiger partial charge in [-0.15, -0.1) is 0 Å². The number of nitrogens with one attached hydrogen (secondary N) is 1. The van der Waals surface area contributed by atoms with Crippen molar-refractivity contribution >= 4 is 10.0 Å². The lowest BCUT2D eigenvalue weighted by Crippen LogP contribution is -2.70. The molecule has 1 N–H and O–H groups in total. The summed E-state index contributed by atoms with van der Waals surface area (Å²) in [6.45, 7) is 2.58. The fourth-order valence-electron chi connectivity index (χ4n) is 1.52. The van der Waals surface area contributed by atoms with Crippen molar-refractivity contribution in [1.29, 1.82) is 0 Å². The Morgan fingerprint density at radius 3 is 1.43 bits per heavy atom. The van der Waals surface area contributed by atoms with Gasteiger partial charge in [-0.3, -0.25) is 0 Å². The van der Waals surface area contributed by atoms with Crippen LogP contribution in [0.25, 0.3) is 0 Å². The molecule has 3 nitrogen and oxygen atoms in total. The molecule has 169 valence electrons. The summed E-state index contributed by atoms with van der Waals surface area (Å²) < 4.78 is 190. The van der Waals surface area contributed by atoms with Crippen molar-refractivity contribution in [2.24, 2.45) is 0 Å². The minimum atomic E-state index is -8.00. The van der Waals surface area contributed by atoms with Crippen LogP contribution in [0.3, 0.4) is 0 Å². The molecular weight excluding hydrogens is 457 g/mol. The highest BCUT2D eigenvalue weighted by Crippen LogP contribution is 2.60. The van der Waals surface area contributed by atoms with Crippen LogP contribution >= 0.6 is 0 Å². The van der Waals surface area contributed by atoms with E-state index in [-0.39, 0.29) is 6.42 Å². The van der Waals surface area contributed by atoms with E-state index >= 15 is 0 Å². The monoisotopic (exact) mass is 468 g/mol. The molecule has 28 heavy (non-hydrogen) atoms. The molecule has 0 spiro atoms. The van der Waals surface area contributed by atoms with E-state index in [1.54, 1.807) is 0 Å². The van der Waals surface area contributed by atoms with Gasteiger partial charge >= 0.3 is 35.8 Å². The Balaban J connectivity index is 5.93. The average molecular weight is 468 g/mol. The fraction of sp³-hybridized carbons (Fsp3) is 0.909. The highest BCUT2D eigenvalue weighted by atomic mass is 32.2. The molecular formula is C11H11F13NO2S. The Kier molecular flexibility index (Phi) is 7.41. The SMILES string of the molecule is [CH2]CCNS(=O)(=O)CCC(F)(F)C(F)(F)C(F)(F)C(F)(F)C(F)(F)C(F)(F)F. The summed E-state index contributed by atoms with van der Waals surface area (Å²) >= 11 is 0. The maximum atomic E-state index is 13.4. The quantitative estimate of drug-likeness (QED) is 0.488. The van der Waals surface area contributed by atoms with Crippen LogP contribution in [0.15, 0.2) is 0 Å². The molecule has 0 bridgehead atoms. The lowest BCUT2D eigenvalue weighted by Gasteiger charge is -2.39. The smallest absolute Gasteiger partial charge is 0.215 e. The highest BCUT2D eigenvalue weighted by Gasteiger charge is 2.90. The second-order valence-corrected chi connectivity index (χ2v) is 7.24. The summed E-state index contributed by atoms with van der Waals surface area (Å²) in [6.07, 6.45) is -10.5. The predicted molar refractivity (Wildman–Crippen MR) is 67.2 cm³/mol. The Morgan fingerprint density at radius 1 is 0.679 bits per heavy atom. The molecule has 0 amide bonds. The van der Waals surface area contributed by atoms with Gasteiger partial charge in [-0.25, -0.2) is 13.1 Å². The maximum absolute atomic E-state index is 13.4. The minimum Gasteiger partial charge on any atom is -0.215 e. The van der Waals surface area contributed by atoms with E-state index in [1.807, 2.05) is 0 Å². The van der Waals surface area contributed by atoms with E-state index in [9.17, 15) is 65.5 Å². The van der Waals surface area contributed by atoms with Crippen LogP contribution in [0.4, 0.5) is 57.1 Å². The Bertz CT molecular complexity index is 641. The first kappa shape index (κ1) is 27.0. The van der Waals surface area contributed by atoms with Crippen LogP contribution in [0, 0.1) is 6.92 Å². The number of alkyl halides is 13. The van der Waals surface area contributed by atoms with Crippen LogP contribution in [-0.4, -0.2) is 56.5 Å². The van der Waals surface area contributed by atoms with Gasteiger partial charge in [0, 0.05) is 13.0 Å². The Morgan fingerprint density at radius 2 is 1.07 bits per heavy atom. The molecule has 0 saturated heterocycles. The lowest BCUT2D eigenvalue weighted by molar-refractivity contribution is -0.439. The van der Waals surface area contributed by atoms with Crippen molar-refractivity contribution in [2.45, 2.75) is 48.6 Å². The zero-order valence-corrected chi connectivity index (χ0v) is 14.0. The zero-order valence-electron chi connectivity index (χ0n) is 13.2. The fourth-order valence-corrected chi connectivity index (χ4v) is 2.65. The molecule has 0 aromatic carbocycles. The second kappa shape index (κ2) is 7.68. The van der Waals surface area contributed by atoms with E-state index in [2.05, 4.69) is 6.92 Å². The van der Waals surface area contributed by atoms with Gasteiger partial charge in [0.2, 0.25) is 10.0 Å². The highest BCUT2D eigenvalue weighted by molar-refractivity contribution is 7.89. The Labute approximate surface area is 149 Å². The van der Waals surface area contributed by atoms with E-state index in [1.165, 1.54) is 4.72 Å². The van der Waals surface area contributed by atoms with Gasteiger partial charge in [0.1, 0.15) is 0 Å². The zero-order chi connectivity index (χ0) is 23.0. The van der Waals surface area contributed by atoms with Gasteiger partial charge in [0.15, 0.2) is 0 Å². The third-order valence-electron chi connectivity index (χ3n) is 3.18. The standard InChI is InChI=1S/C11H11F13NO2S/c1-2-4-25-28(26,27)5-3-6(12,13)7(14,15)8(16,17)9(18,19)10(20,21)11(22,23)24/h25H,1-5H2. The summed E-state index contributed by atoms with van der Waals surface area (Å²) in [5.74, 6) is -39.7. The summed E-state index contributed by atoms with van der Waals surface area (Å²) in [5, 5.41) is 0. The first-order chi connectivity index (χ1) is 12.0. The molecule has 17 heteroatoms. The molecule has 0 saturated carbocycles. The first-order valence-electron chi connectivity index (χ1n) is 6.74. The molecule has 0 atom stereocenters. The summed E-state index contributed by atoms with van der Waals surface area (Å²) in [6, 6.07) is 0. The molecule has 0 fully saturated rings. The van der Waals surface area contributed by atoms with Gasteiger partial charge in [-0.1, -0.05) is 6.92 Å². The van der Waals surface area contributed by atoms with E-state index < -0.39 is 64.5 Å². The maximum Gasteiger partial charge on any atom is 0.460 e. The number of halogens is 13. The average Bonchev–Trinajstić information content (AvgIpc) is 2.49. The van der Waals surface area contributed by atoms with Gasteiger partial charge in [-0.2, -0.15) is 57.1 Å². The van der Waals surface area contributed by atoms with Crippen LogP contribution < -0.4 is 4.72 Å². The second-order valence-electron chi connectivity index (χ2n) is 5.32. The third-order valence-corrected chi connectivity index (χ3v) is 4.57. The number of hydrogen-bond donors (Lipinski definition) is 1. The largest absolute Gasteiger partial charge is 0.460 e. The van der Waals surface area contributed by atoms with Crippen molar-refractivity contribution in [3.63, 3.8) is 0 Å². The number of hydrogen-bond acceptors (Lipinski definition) is 2. The van der Waals surface area contributed by atoms with Crippen LogP contribution in [0.2, 0.25) is 0 Å². The molecule has 0 unspecified atom stereocenters. The van der Waals surface area contributed by atoms with E-state index in [0.717, 1.165) is 0 Å². The normalized spacial score (nSPS) is 15.8. The van der Waals surface area contributed by atoms with Crippen molar-refractivity contribution in [3.8, 4) is 0 Å².